The molecule has 0 atom stereocenters. The first-order valence-corrected chi connectivity index (χ1v) is 16.1. The lowest BCUT2D eigenvalue weighted by atomic mass is 9.83. The van der Waals surface area contributed by atoms with Crippen LogP contribution in [-0.2, 0) is 0 Å². The molecule has 0 bridgehead atoms. The van der Waals surface area contributed by atoms with E-state index in [2.05, 4.69) is 42.5 Å². The minimum absolute atomic E-state index is 0.0428. The zero-order valence-electron chi connectivity index (χ0n) is 35.0. The molecule has 228 valence electrons. The average Bonchev–Trinajstić information content (AvgIpc) is 3.65. The molecule has 1 nitrogen and oxygen atoms in total. The van der Waals surface area contributed by atoms with Crippen molar-refractivity contribution in [1.82, 2.24) is 0 Å². The van der Waals surface area contributed by atoms with Gasteiger partial charge in [0.2, 0.25) is 0 Å². The molecule has 0 aliphatic heterocycles. The van der Waals surface area contributed by atoms with Gasteiger partial charge in [-0.15, -0.1) is 0 Å². The summed E-state index contributed by atoms with van der Waals surface area (Å²) in [6, 6.07) is 37.3. The van der Waals surface area contributed by atoms with Crippen LogP contribution in [0.1, 0.15) is 12.3 Å². The van der Waals surface area contributed by atoms with E-state index in [1.807, 2.05) is 72.8 Å². The average molecular weight is 632 g/mol. The van der Waals surface area contributed by atoms with Crippen LogP contribution in [0.15, 0.2) is 186 Å². The van der Waals surface area contributed by atoms with Gasteiger partial charge in [-0.25, -0.2) is 0 Å². The van der Waals surface area contributed by atoms with Crippen molar-refractivity contribution in [3.8, 4) is 44.7 Å². The van der Waals surface area contributed by atoms with Crippen molar-refractivity contribution in [2.45, 2.75) is 0 Å². The number of furan rings is 1. The van der Waals surface area contributed by atoms with Crippen LogP contribution >= 0.6 is 0 Å². The van der Waals surface area contributed by atoms with E-state index >= 15 is 0 Å². The molecule has 10 aromatic rings. The van der Waals surface area contributed by atoms with Gasteiger partial charge in [0.1, 0.15) is 11.3 Å². The predicted octanol–water partition coefficient (Wildman–Crippen LogP) is 13.7. The summed E-state index contributed by atoms with van der Waals surface area (Å²) in [5.74, 6) is 0.490. The van der Waals surface area contributed by atoms with E-state index in [0.29, 0.717) is 33.2 Å². The monoisotopic (exact) mass is 631 g/mol. The van der Waals surface area contributed by atoms with Gasteiger partial charge in [-0.3, -0.25) is 0 Å². The zero-order valence-corrected chi connectivity index (χ0v) is 26.0. The lowest BCUT2D eigenvalue weighted by Crippen LogP contribution is -1.92. The van der Waals surface area contributed by atoms with Crippen molar-refractivity contribution in [3.05, 3.63) is 182 Å². The molecule has 10 rings (SSSR count). The Morgan fingerprint density at radius 3 is 1.82 bits per heavy atom. The van der Waals surface area contributed by atoms with Crippen molar-refractivity contribution in [3.63, 3.8) is 0 Å². The summed E-state index contributed by atoms with van der Waals surface area (Å²) in [7, 11) is 0. The Morgan fingerprint density at radius 1 is 0.388 bits per heavy atom. The summed E-state index contributed by atoms with van der Waals surface area (Å²) in [6.45, 7) is 0. The van der Waals surface area contributed by atoms with E-state index < -0.39 is 42.3 Å². The van der Waals surface area contributed by atoms with Crippen molar-refractivity contribution in [2.75, 3.05) is 0 Å². The van der Waals surface area contributed by atoms with E-state index in [1.165, 1.54) is 0 Å². The van der Waals surface area contributed by atoms with Crippen LogP contribution in [0.2, 0.25) is 0 Å². The van der Waals surface area contributed by atoms with Gasteiger partial charge >= 0.3 is 0 Å². The Morgan fingerprint density at radius 2 is 1.02 bits per heavy atom. The van der Waals surface area contributed by atoms with E-state index in [1.54, 1.807) is 12.1 Å². The maximum Gasteiger partial charge on any atom is 0.143 e. The third kappa shape index (κ3) is 4.33. The quantitative estimate of drug-likeness (QED) is 0.139. The summed E-state index contributed by atoms with van der Waals surface area (Å²) in [5, 5.41) is 6.33. The third-order valence-electron chi connectivity index (χ3n) is 9.46. The van der Waals surface area contributed by atoms with Crippen molar-refractivity contribution < 1.29 is 16.8 Å². The second-order valence-electron chi connectivity index (χ2n) is 12.1. The number of benzene rings is 9. The van der Waals surface area contributed by atoms with Gasteiger partial charge in [0, 0.05) is 22.1 Å². The van der Waals surface area contributed by atoms with E-state index in [9.17, 15) is 2.74 Å². The number of hydrogen-bond donors (Lipinski definition) is 0. The summed E-state index contributed by atoms with van der Waals surface area (Å²) >= 11 is 0. The topological polar surface area (TPSA) is 13.1 Å². The first-order chi connectivity index (χ1) is 28.1. The SMILES string of the molecule is [2H]c1c([2H])c([2H])c(-c2c3ccccc3c(-c3c(-c4ccccc4)oc4cccc(-c5ccc6ccc7ccccc7c6c5)c34)c3c([2H])c([2H])c([2H])c([2H])c23)c([2H])c1[2H]. The first kappa shape index (κ1) is 20.0. The lowest BCUT2D eigenvalue weighted by Gasteiger charge is -2.18. The molecule has 0 aliphatic rings. The lowest BCUT2D eigenvalue weighted by molar-refractivity contribution is 0.632. The van der Waals surface area contributed by atoms with E-state index in [0.717, 1.165) is 43.6 Å². The summed E-state index contributed by atoms with van der Waals surface area (Å²) in [6.07, 6.45) is 0. The van der Waals surface area contributed by atoms with Crippen LogP contribution in [0, 0.1) is 0 Å². The molecule has 9 aromatic carbocycles. The maximum absolute atomic E-state index is 9.58. The molecule has 0 aliphatic carbocycles. The Labute approximate surface area is 297 Å². The molecule has 0 N–H and O–H groups in total. The smallest absolute Gasteiger partial charge is 0.143 e. The third-order valence-corrected chi connectivity index (χ3v) is 9.46. The highest BCUT2D eigenvalue weighted by atomic mass is 16.3. The second kappa shape index (κ2) is 11.1. The van der Waals surface area contributed by atoms with Crippen molar-refractivity contribution in [1.29, 1.82) is 0 Å². The zero-order chi connectivity index (χ0) is 40.1. The molecule has 0 radical (unpaired) electrons. The van der Waals surface area contributed by atoms with Gasteiger partial charge in [0.05, 0.1) is 12.3 Å². The number of hydrogen-bond acceptors (Lipinski definition) is 1. The molecule has 49 heavy (non-hydrogen) atoms. The predicted molar refractivity (Wildman–Crippen MR) is 208 cm³/mol. The highest BCUT2D eigenvalue weighted by molar-refractivity contribution is 6.26. The van der Waals surface area contributed by atoms with Crippen LogP contribution in [0.25, 0.3) is 98.8 Å². The van der Waals surface area contributed by atoms with Crippen LogP contribution < -0.4 is 0 Å². The van der Waals surface area contributed by atoms with Gasteiger partial charge in [0.25, 0.3) is 0 Å². The molecule has 1 heterocycles. The maximum atomic E-state index is 9.58. The molecule has 0 amide bonds. The first-order valence-electron chi connectivity index (χ1n) is 20.6. The van der Waals surface area contributed by atoms with Gasteiger partial charge in [0.15, 0.2) is 0 Å². The minimum Gasteiger partial charge on any atom is -0.455 e. The van der Waals surface area contributed by atoms with Gasteiger partial charge < -0.3 is 4.42 Å². The van der Waals surface area contributed by atoms with E-state index in [-0.39, 0.29) is 34.0 Å². The molecule has 0 unspecified atom stereocenters. The highest BCUT2D eigenvalue weighted by Crippen LogP contribution is 2.51. The van der Waals surface area contributed by atoms with Gasteiger partial charge in [-0.05, 0) is 77.5 Å². The standard InChI is InChI=1S/C48H30O/c1-3-15-33(16-4-1)44-38-20-9-11-22-40(38)45(41-23-12-10-21-39(41)44)47-46-37(24-13-25-43(46)49-48(47)34-17-5-2-6-18-34)35-29-28-32-27-26-31-14-7-8-19-36(31)42(32)30-35/h1-30H/i1D,3D,4D,9D,11D,15D,16D,20D,22D. The number of fused-ring (bicyclic) bond motifs is 6. The van der Waals surface area contributed by atoms with Crippen LogP contribution in [0.4, 0.5) is 0 Å². The number of rotatable bonds is 4. The fourth-order valence-corrected chi connectivity index (χ4v) is 7.36. The van der Waals surface area contributed by atoms with Crippen molar-refractivity contribution in [2.24, 2.45) is 0 Å². The Kier molecular flexibility index (Phi) is 4.53. The second-order valence-corrected chi connectivity index (χ2v) is 12.1. The van der Waals surface area contributed by atoms with Crippen LogP contribution in [0.5, 0.6) is 0 Å². The molecular formula is C48H30O. The van der Waals surface area contributed by atoms with Gasteiger partial charge in [-0.1, -0.05) is 170 Å². The molecule has 0 fully saturated rings. The normalized spacial score (nSPS) is 14.2. The van der Waals surface area contributed by atoms with Crippen LogP contribution in [-0.4, -0.2) is 0 Å². The summed E-state index contributed by atoms with van der Waals surface area (Å²) in [5.41, 5.74) is 4.15. The molecule has 0 saturated heterocycles. The van der Waals surface area contributed by atoms with E-state index in [4.69, 9.17) is 14.0 Å². The summed E-state index contributed by atoms with van der Waals surface area (Å²) in [4.78, 5) is 0. The fraction of sp³-hybridized carbons (Fsp3) is 0. The van der Waals surface area contributed by atoms with Crippen LogP contribution in [0.3, 0.4) is 0 Å². The Hall–Kier alpha value is -6.44. The molecule has 1 aromatic heterocycles. The van der Waals surface area contributed by atoms with Gasteiger partial charge in [-0.2, -0.15) is 0 Å². The van der Waals surface area contributed by atoms with Crippen molar-refractivity contribution >= 4 is 54.1 Å². The molecule has 1 heteroatoms. The Balaban J connectivity index is 1.44. The fourth-order valence-electron chi connectivity index (χ4n) is 7.36. The summed E-state index contributed by atoms with van der Waals surface area (Å²) < 4.78 is 87.3. The molecule has 0 spiro atoms. The highest BCUT2D eigenvalue weighted by Gasteiger charge is 2.26. The Bertz CT molecular complexity index is 3360. The molecular weight excluding hydrogens is 593 g/mol. The minimum atomic E-state index is -0.558. The molecule has 0 saturated carbocycles. The largest absolute Gasteiger partial charge is 0.455 e.